The van der Waals surface area contributed by atoms with Gasteiger partial charge in [-0.05, 0) is 6.42 Å². The van der Waals surface area contributed by atoms with E-state index in [9.17, 15) is 8.78 Å². The summed E-state index contributed by atoms with van der Waals surface area (Å²) in [5, 5.41) is 0. The molecule has 0 saturated heterocycles. The Morgan fingerprint density at radius 2 is 1.33 bits per heavy atom. The molecule has 0 N–H and O–H groups in total. The van der Waals surface area contributed by atoms with Crippen LogP contribution >= 0.6 is 0 Å². The molecule has 0 fully saturated rings. The highest BCUT2D eigenvalue weighted by Crippen LogP contribution is 2.31. The van der Waals surface area contributed by atoms with Gasteiger partial charge in [-0.2, -0.15) is 0 Å². The highest BCUT2D eigenvalue weighted by atomic mass is 19.3. The van der Waals surface area contributed by atoms with E-state index in [1.807, 2.05) is 0 Å². The van der Waals surface area contributed by atoms with E-state index in [1.54, 1.807) is 13.8 Å². The largest absolute Gasteiger partial charge is 0.243 e. The lowest BCUT2D eigenvalue weighted by Gasteiger charge is -2.23. The van der Waals surface area contributed by atoms with Crippen molar-refractivity contribution in [2.75, 3.05) is 0 Å². The molecule has 0 aromatic rings. The summed E-state index contributed by atoms with van der Waals surface area (Å²) >= 11 is 0. The summed E-state index contributed by atoms with van der Waals surface area (Å²) in [5.74, 6) is 0. The Bertz CT molecular complexity index is 141. The summed E-state index contributed by atoms with van der Waals surface area (Å²) < 4.78 is 25.0. The van der Waals surface area contributed by atoms with Gasteiger partial charge in [-0.15, -0.1) is 0 Å². The van der Waals surface area contributed by atoms with E-state index in [0.717, 1.165) is 12.8 Å². The SMILES string of the molecule is CCCCCCCCCC(C)(C)C(F)F. The molecular weight excluding hydrogens is 194 g/mol. The Kier molecular flexibility index (Phi) is 7.99. The first-order valence-electron chi connectivity index (χ1n) is 6.29. The molecule has 0 nitrogen and oxygen atoms in total. The first-order valence-corrected chi connectivity index (χ1v) is 6.29. The van der Waals surface area contributed by atoms with E-state index in [-0.39, 0.29) is 0 Å². The quantitative estimate of drug-likeness (QED) is 0.455. The van der Waals surface area contributed by atoms with Crippen LogP contribution in [0.5, 0.6) is 0 Å². The molecule has 0 heterocycles. The van der Waals surface area contributed by atoms with E-state index >= 15 is 0 Å². The van der Waals surface area contributed by atoms with Gasteiger partial charge in [0.1, 0.15) is 0 Å². The maximum atomic E-state index is 12.5. The minimum Gasteiger partial charge on any atom is -0.210 e. The van der Waals surface area contributed by atoms with Crippen LogP contribution in [-0.2, 0) is 0 Å². The number of hydrogen-bond acceptors (Lipinski definition) is 0. The molecule has 0 unspecified atom stereocenters. The van der Waals surface area contributed by atoms with Crippen molar-refractivity contribution in [1.29, 1.82) is 0 Å². The topological polar surface area (TPSA) is 0 Å². The van der Waals surface area contributed by atoms with Gasteiger partial charge in [-0.1, -0.05) is 65.7 Å². The minimum absolute atomic E-state index is 0.651. The molecule has 0 aliphatic heterocycles. The van der Waals surface area contributed by atoms with Crippen LogP contribution in [-0.4, -0.2) is 6.43 Å². The normalized spacial score (nSPS) is 12.4. The molecule has 0 radical (unpaired) electrons. The zero-order chi connectivity index (χ0) is 11.7. The van der Waals surface area contributed by atoms with Gasteiger partial charge in [0.2, 0.25) is 6.43 Å². The fraction of sp³-hybridized carbons (Fsp3) is 1.00. The van der Waals surface area contributed by atoms with Crippen LogP contribution in [0.4, 0.5) is 8.78 Å². The Labute approximate surface area is 93.4 Å². The van der Waals surface area contributed by atoms with E-state index in [2.05, 4.69) is 6.92 Å². The van der Waals surface area contributed by atoms with E-state index in [4.69, 9.17) is 0 Å². The van der Waals surface area contributed by atoms with Crippen LogP contribution in [0.25, 0.3) is 0 Å². The molecule has 15 heavy (non-hydrogen) atoms. The molecule has 0 spiro atoms. The summed E-state index contributed by atoms with van der Waals surface area (Å²) in [6.45, 7) is 5.52. The van der Waals surface area contributed by atoms with Crippen LogP contribution in [0.3, 0.4) is 0 Å². The molecule has 0 aliphatic carbocycles. The predicted octanol–water partition coefficient (Wildman–Crippen LogP) is 5.42. The molecule has 0 aromatic heterocycles. The Hall–Kier alpha value is -0.140. The molecule has 0 aliphatic rings. The summed E-state index contributed by atoms with van der Waals surface area (Å²) in [7, 11) is 0. The van der Waals surface area contributed by atoms with Crippen molar-refractivity contribution in [1.82, 2.24) is 0 Å². The first-order chi connectivity index (χ1) is 7.00. The van der Waals surface area contributed by atoms with Crippen molar-refractivity contribution in [3.05, 3.63) is 0 Å². The number of alkyl halides is 2. The van der Waals surface area contributed by atoms with Crippen LogP contribution in [0.15, 0.2) is 0 Å². The van der Waals surface area contributed by atoms with Gasteiger partial charge in [0, 0.05) is 5.41 Å². The third-order valence-electron chi connectivity index (χ3n) is 3.02. The van der Waals surface area contributed by atoms with Crippen molar-refractivity contribution >= 4 is 0 Å². The van der Waals surface area contributed by atoms with Gasteiger partial charge >= 0.3 is 0 Å². The standard InChI is InChI=1S/C13H26F2/c1-4-5-6-7-8-9-10-11-13(2,3)12(14)15/h12H,4-11H2,1-3H3. The van der Waals surface area contributed by atoms with Gasteiger partial charge in [-0.25, -0.2) is 8.78 Å². The monoisotopic (exact) mass is 220 g/mol. The lowest BCUT2D eigenvalue weighted by molar-refractivity contribution is 0.0124. The molecule has 0 atom stereocenters. The Morgan fingerprint density at radius 1 is 0.867 bits per heavy atom. The molecule has 0 saturated carbocycles. The van der Waals surface area contributed by atoms with Crippen molar-refractivity contribution in [2.45, 2.75) is 78.6 Å². The molecule has 92 valence electrons. The Morgan fingerprint density at radius 3 is 1.80 bits per heavy atom. The van der Waals surface area contributed by atoms with Crippen LogP contribution in [0, 0.1) is 5.41 Å². The summed E-state index contributed by atoms with van der Waals surface area (Å²) in [6, 6.07) is 0. The van der Waals surface area contributed by atoms with Gasteiger partial charge in [0.05, 0.1) is 0 Å². The molecule has 0 amide bonds. The van der Waals surface area contributed by atoms with Crippen LogP contribution < -0.4 is 0 Å². The molecule has 0 rings (SSSR count). The molecule has 0 aromatic carbocycles. The second-order valence-corrected chi connectivity index (χ2v) is 5.16. The predicted molar refractivity (Wildman–Crippen MR) is 62.4 cm³/mol. The second-order valence-electron chi connectivity index (χ2n) is 5.16. The van der Waals surface area contributed by atoms with Crippen LogP contribution in [0.2, 0.25) is 0 Å². The number of unbranched alkanes of at least 4 members (excludes halogenated alkanes) is 6. The summed E-state index contributed by atoms with van der Waals surface area (Å²) in [5.41, 5.74) is -0.788. The third kappa shape index (κ3) is 7.75. The highest BCUT2D eigenvalue weighted by molar-refractivity contribution is 4.70. The second kappa shape index (κ2) is 8.06. The Balaban J connectivity index is 3.31. The van der Waals surface area contributed by atoms with E-state index in [1.165, 1.54) is 32.1 Å². The third-order valence-corrected chi connectivity index (χ3v) is 3.02. The average Bonchev–Trinajstić information content (AvgIpc) is 2.16. The number of rotatable bonds is 9. The van der Waals surface area contributed by atoms with Crippen molar-refractivity contribution in [3.8, 4) is 0 Å². The van der Waals surface area contributed by atoms with Gasteiger partial charge in [0.25, 0.3) is 0 Å². The summed E-state index contributed by atoms with van der Waals surface area (Å²) in [6.07, 6.45) is 6.87. The number of halogens is 2. The molecule has 2 heteroatoms. The maximum Gasteiger partial charge on any atom is 0.243 e. The van der Waals surface area contributed by atoms with E-state index in [0.29, 0.717) is 6.42 Å². The average molecular weight is 220 g/mol. The lowest BCUT2D eigenvalue weighted by Crippen LogP contribution is -2.21. The van der Waals surface area contributed by atoms with Crippen molar-refractivity contribution in [2.24, 2.45) is 5.41 Å². The van der Waals surface area contributed by atoms with Gasteiger partial charge < -0.3 is 0 Å². The molecule has 0 bridgehead atoms. The molecular formula is C13H26F2. The van der Waals surface area contributed by atoms with E-state index < -0.39 is 11.8 Å². The van der Waals surface area contributed by atoms with Crippen LogP contribution in [0.1, 0.15) is 72.1 Å². The zero-order valence-corrected chi connectivity index (χ0v) is 10.5. The van der Waals surface area contributed by atoms with Gasteiger partial charge in [-0.3, -0.25) is 0 Å². The smallest absolute Gasteiger partial charge is 0.210 e. The number of hydrogen-bond donors (Lipinski definition) is 0. The summed E-state index contributed by atoms with van der Waals surface area (Å²) in [4.78, 5) is 0. The first kappa shape index (κ1) is 14.9. The lowest BCUT2D eigenvalue weighted by atomic mass is 9.87. The highest BCUT2D eigenvalue weighted by Gasteiger charge is 2.28. The van der Waals surface area contributed by atoms with Gasteiger partial charge in [0.15, 0.2) is 0 Å². The van der Waals surface area contributed by atoms with Crippen molar-refractivity contribution < 1.29 is 8.78 Å². The minimum atomic E-state index is -2.18. The van der Waals surface area contributed by atoms with Crippen molar-refractivity contribution in [3.63, 3.8) is 0 Å². The fourth-order valence-electron chi connectivity index (χ4n) is 1.65. The fourth-order valence-corrected chi connectivity index (χ4v) is 1.65. The maximum absolute atomic E-state index is 12.5. The zero-order valence-electron chi connectivity index (χ0n) is 10.5.